The molecule has 0 aliphatic carbocycles. The minimum atomic E-state index is -0.596. The summed E-state index contributed by atoms with van der Waals surface area (Å²) in [5.74, 6) is -0.207. The molecule has 2 aromatic heterocycles. The first-order valence-corrected chi connectivity index (χ1v) is 7.03. The van der Waals surface area contributed by atoms with Crippen LogP contribution in [-0.2, 0) is 4.74 Å². The molecule has 0 saturated heterocycles. The maximum absolute atomic E-state index is 13.1. The highest BCUT2D eigenvalue weighted by atomic mass is 35.5. The topological polar surface area (TPSA) is 64.1 Å². The maximum atomic E-state index is 13.1. The fourth-order valence-electron chi connectivity index (χ4n) is 1.42. The number of pyridine rings is 1. The van der Waals surface area contributed by atoms with Crippen LogP contribution in [0.5, 0.6) is 0 Å². The van der Waals surface area contributed by atoms with Gasteiger partial charge in [-0.05, 0) is 13.0 Å². The van der Waals surface area contributed by atoms with Crippen LogP contribution >= 0.6 is 22.9 Å². The Hall–Kier alpha value is -1.73. The van der Waals surface area contributed by atoms with Gasteiger partial charge in [-0.25, -0.2) is 14.2 Å². The van der Waals surface area contributed by atoms with Crippen LogP contribution in [0.15, 0.2) is 18.5 Å². The van der Waals surface area contributed by atoms with Crippen molar-refractivity contribution in [2.75, 3.05) is 17.8 Å². The average molecular weight is 316 g/mol. The molecule has 2 rings (SSSR count). The molecule has 0 spiro atoms. The number of anilines is 1. The number of amides is 1. The second kappa shape index (κ2) is 6.62. The van der Waals surface area contributed by atoms with Crippen LogP contribution in [0.3, 0.4) is 0 Å². The minimum absolute atomic E-state index is 0.131. The van der Waals surface area contributed by atoms with E-state index in [4.69, 9.17) is 16.3 Å². The van der Waals surface area contributed by atoms with Crippen molar-refractivity contribution in [3.05, 3.63) is 30.0 Å². The van der Waals surface area contributed by atoms with Gasteiger partial charge in [-0.15, -0.1) is 11.6 Å². The molecule has 0 bridgehead atoms. The molecule has 0 aliphatic heterocycles. The first-order valence-electron chi connectivity index (χ1n) is 5.68. The molecule has 8 heteroatoms. The highest BCUT2D eigenvalue weighted by molar-refractivity contribution is 7.19. The second-order valence-corrected chi connectivity index (χ2v) is 5.15. The predicted octanol–water partition coefficient (Wildman–Crippen LogP) is 3.44. The Morgan fingerprint density at radius 3 is 3.05 bits per heavy atom. The molecular formula is C12H11ClFN3O2S. The van der Waals surface area contributed by atoms with Crippen molar-refractivity contribution in [2.45, 2.75) is 6.92 Å². The van der Waals surface area contributed by atoms with Gasteiger partial charge in [0, 0.05) is 11.8 Å². The average Bonchev–Trinajstić information content (AvgIpc) is 2.78. The fourth-order valence-corrected chi connectivity index (χ4v) is 2.44. The summed E-state index contributed by atoms with van der Waals surface area (Å²) in [6.45, 7) is 1.87. The largest absolute Gasteiger partial charge is 0.448 e. The molecule has 1 amide bonds. The van der Waals surface area contributed by atoms with E-state index < -0.39 is 11.9 Å². The number of ether oxygens (including phenoxy) is 1. The number of aryl methyl sites for hydroxylation is 1. The van der Waals surface area contributed by atoms with E-state index in [1.807, 2.05) is 0 Å². The molecule has 0 aliphatic rings. The highest BCUT2D eigenvalue weighted by Crippen LogP contribution is 2.31. The monoisotopic (exact) mass is 315 g/mol. The van der Waals surface area contributed by atoms with Crippen molar-refractivity contribution in [3.8, 4) is 10.6 Å². The van der Waals surface area contributed by atoms with E-state index in [1.54, 1.807) is 6.92 Å². The van der Waals surface area contributed by atoms with E-state index in [2.05, 4.69) is 15.3 Å². The lowest BCUT2D eigenvalue weighted by atomic mass is 10.3. The summed E-state index contributed by atoms with van der Waals surface area (Å²) in [5.41, 5.74) is 1.18. The summed E-state index contributed by atoms with van der Waals surface area (Å²) in [4.78, 5) is 19.5. The van der Waals surface area contributed by atoms with Gasteiger partial charge in [0.05, 0.1) is 17.8 Å². The summed E-state index contributed by atoms with van der Waals surface area (Å²) in [6.07, 6.45) is 2.03. The van der Waals surface area contributed by atoms with Gasteiger partial charge in [0.25, 0.3) is 0 Å². The summed E-state index contributed by atoms with van der Waals surface area (Å²) in [7, 11) is 0. The SMILES string of the molecule is Cc1nc(-c2cncc(F)c2)sc1NC(=O)OCCCl. The maximum Gasteiger partial charge on any atom is 0.412 e. The Morgan fingerprint density at radius 2 is 2.35 bits per heavy atom. The summed E-state index contributed by atoms with van der Waals surface area (Å²) < 4.78 is 17.9. The zero-order chi connectivity index (χ0) is 14.5. The molecule has 5 nitrogen and oxygen atoms in total. The van der Waals surface area contributed by atoms with Crippen molar-refractivity contribution in [2.24, 2.45) is 0 Å². The Balaban J connectivity index is 2.15. The smallest absolute Gasteiger partial charge is 0.412 e. The van der Waals surface area contributed by atoms with Crippen molar-refractivity contribution in [1.29, 1.82) is 0 Å². The summed E-state index contributed by atoms with van der Waals surface area (Å²) in [6, 6.07) is 1.33. The second-order valence-electron chi connectivity index (χ2n) is 3.78. The summed E-state index contributed by atoms with van der Waals surface area (Å²) in [5, 5.41) is 3.69. The number of thiazole rings is 1. The molecule has 0 atom stereocenters. The molecule has 2 heterocycles. The number of halogens is 2. The minimum Gasteiger partial charge on any atom is -0.448 e. The lowest BCUT2D eigenvalue weighted by Crippen LogP contribution is -2.14. The first-order chi connectivity index (χ1) is 9.60. The van der Waals surface area contributed by atoms with Crippen molar-refractivity contribution in [1.82, 2.24) is 9.97 Å². The normalized spacial score (nSPS) is 10.3. The van der Waals surface area contributed by atoms with Gasteiger partial charge in [-0.1, -0.05) is 11.3 Å². The molecule has 20 heavy (non-hydrogen) atoms. The molecule has 1 N–H and O–H groups in total. The lowest BCUT2D eigenvalue weighted by molar-refractivity contribution is 0.168. The third kappa shape index (κ3) is 3.64. The quantitative estimate of drug-likeness (QED) is 0.878. The molecule has 0 fully saturated rings. The van der Waals surface area contributed by atoms with Gasteiger partial charge >= 0.3 is 6.09 Å². The Labute approximate surface area is 123 Å². The molecule has 106 valence electrons. The van der Waals surface area contributed by atoms with E-state index in [-0.39, 0.29) is 12.5 Å². The van der Waals surface area contributed by atoms with E-state index in [1.165, 1.54) is 23.6 Å². The number of hydrogen-bond donors (Lipinski definition) is 1. The fraction of sp³-hybridized carbons (Fsp3) is 0.250. The number of rotatable bonds is 4. The number of nitrogens with one attached hydrogen (secondary N) is 1. The van der Waals surface area contributed by atoms with Crippen LogP contribution in [0.2, 0.25) is 0 Å². The summed E-state index contributed by atoms with van der Waals surface area (Å²) >= 11 is 6.64. The van der Waals surface area contributed by atoms with Crippen LogP contribution in [0.4, 0.5) is 14.2 Å². The Kier molecular flexibility index (Phi) is 4.86. The van der Waals surface area contributed by atoms with Crippen LogP contribution in [0, 0.1) is 12.7 Å². The standard InChI is InChI=1S/C12H11ClFN3O2S/c1-7-10(17-12(18)19-3-2-13)20-11(16-7)8-4-9(14)6-15-5-8/h4-6H,2-3H2,1H3,(H,17,18). The van der Waals surface area contributed by atoms with Gasteiger partial charge in [0.2, 0.25) is 0 Å². The number of carbonyl (C=O) groups is 1. The Bertz CT molecular complexity index is 620. The van der Waals surface area contributed by atoms with Crippen LogP contribution < -0.4 is 5.32 Å². The number of carbonyl (C=O) groups excluding carboxylic acids is 1. The zero-order valence-corrected chi connectivity index (χ0v) is 12.1. The van der Waals surface area contributed by atoms with Crippen molar-refractivity contribution < 1.29 is 13.9 Å². The van der Waals surface area contributed by atoms with E-state index in [0.717, 1.165) is 6.20 Å². The van der Waals surface area contributed by atoms with E-state index in [0.29, 0.717) is 21.3 Å². The molecule has 0 radical (unpaired) electrons. The van der Waals surface area contributed by atoms with E-state index >= 15 is 0 Å². The molecule has 0 aromatic carbocycles. The molecular weight excluding hydrogens is 305 g/mol. The highest BCUT2D eigenvalue weighted by Gasteiger charge is 2.13. The predicted molar refractivity (Wildman–Crippen MR) is 75.7 cm³/mol. The van der Waals surface area contributed by atoms with Crippen LogP contribution in [0.1, 0.15) is 5.69 Å². The van der Waals surface area contributed by atoms with E-state index in [9.17, 15) is 9.18 Å². The Morgan fingerprint density at radius 1 is 1.55 bits per heavy atom. The van der Waals surface area contributed by atoms with Crippen LogP contribution in [0.25, 0.3) is 10.6 Å². The third-order valence-electron chi connectivity index (χ3n) is 2.27. The number of aromatic nitrogens is 2. The molecule has 2 aromatic rings. The van der Waals surface area contributed by atoms with Gasteiger partial charge < -0.3 is 4.74 Å². The third-order valence-corrected chi connectivity index (χ3v) is 3.55. The first kappa shape index (κ1) is 14.7. The van der Waals surface area contributed by atoms with Gasteiger partial charge in [-0.3, -0.25) is 10.3 Å². The number of alkyl halides is 1. The number of nitrogens with zero attached hydrogens (tertiary/aromatic N) is 2. The van der Waals surface area contributed by atoms with Gasteiger partial charge in [0.1, 0.15) is 22.4 Å². The molecule has 0 saturated carbocycles. The van der Waals surface area contributed by atoms with Gasteiger partial charge in [0.15, 0.2) is 0 Å². The lowest BCUT2D eigenvalue weighted by Gasteiger charge is -2.03. The van der Waals surface area contributed by atoms with Crippen molar-refractivity contribution >= 4 is 34.0 Å². The van der Waals surface area contributed by atoms with Crippen LogP contribution in [-0.4, -0.2) is 28.5 Å². The van der Waals surface area contributed by atoms with Crippen molar-refractivity contribution in [3.63, 3.8) is 0 Å². The van der Waals surface area contributed by atoms with Gasteiger partial charge in [-0.2, -0.15) is 0 Å². The zero-order valence-electron chi connectivity index (χ0n) is 10.5. The number of hydrogen-bond acceptors (Lipinski definition) is 5. The molecule has 0 unspecified atom stereocenters.